The predicted octanol–water partition coefficient (Wildman–Crippen LogP) is 5.16. The first-order chi connectivity index (χ1) is 16.2. The van der Waals surface area contributed by atoms with Crippen molar-refractivity contribution in [2.24, 2.45) is 0 Å². The second-order valence-corrected chi connectivity index (χ2v) is 10.2. The predicted molar refractivity (Wildman–Crippen MR) is 135 cm³/mol. The average Bonchev–Trinajstić information content (AvgIpc) is 2.81. The monoisotopic (exact) mass is 520 g/mol. The zero-order chi connectivity index (χ0) is 24.7. The summed E-state index contributed by atoms with van der Waals surface area (Å²) in [6.45, 7) is 4.02. The van der Waals surface area contributed by atoms with Gasteiger partial charge in [0.15, 0.2) is 0 Å². The summed E-state index contributed by atoms with van der Waals surface area (Å²) in [6, 6.07) is 19.1. The minimum absolute atomic E-state index is 0.0578. The molecule has 1 amide bonds. The van der Waals surface area contributed by atoms with Gasteiger partial charge in [-0.25, -0.2) is 8.42 Å². The number of ether oxygens (including phenoxy) is 1. The van der Waals surface area contributed by atoms with Gasteiger partial charge in [0.25, 0.3) is 0 Å². The van der Waals surface area contributed by atoms with E-state index in [4.69, 9.17) is 27.9 Å². The molecule has 0 saturated heterocycles. The molecule has 3 aromatic carbocycles. The molecule has 0 aliphatic heterocycles. The van der Waals surface area contributed by atoms with Gasteiger partial charge in [-0.15, -0.1) is 0 Å². The highest BCUT2D eigenvalue weighted by molar-refractivity contribution is 7.89. The Morgan fingerprint density at radius 1 is 1.00 bits per heavy atom. The van der Waals surface area contributed by atoms with Gasteiger partial charge < -0.3 is 10.1 Å². The summed E-state index contributed by atoms with van der Waals surface area (Å²) in [4.78, 5) is 13.1. The molecule has 2 atom stereocenters. The third kappa shape index (κ3) is 6.96. The van der Waals surface area contributed by atoms with Crippen LogP contribution in [-0.4, -0.2) is 27.0 Å². The average molecular weight is 521 g/mol. The van der Waals surface area contributed by atoms with E-state index in [0.29, 0.717) is 17.4 Å². The quantitative estimate of drug-likeness (QED) is 0.386. The molecule has 0 aromatic heterocycles. The number of sulfonamides is 1. The Hall–Kier alpha value is -2.58. The van der Waals surface area contributed by atoms with E-state index in [1.54, 1.807) is 19.1 Å². The molecule has 0 heterocycles. The maximum Gasteiger partial charge on any atom is 0.241 e. The van der Waals surface area contributed by atoms with Crippen LogP contribution >= 0.6 is 23.2 Å². The van der Waals surface area contributed by atoms with Crippen LogP contribution in [0.25, 0.3) is 0 Å². The maximum atomic E-state index is 13.2. The number of rotatable bonds is 10. The number of nitrogens with one attached hydrogen (secondary N) is 2. The van der Waals surface area contributed by atoms with Gasteiger partial charge in [0.2, 0.25) is 15.9 Å². The van der Waals surface area contributed by atoms with Gasteiger partial charge in [0.05, 0.1) is 22.6 Å². The minimum atomic E-state index is -4.05. The van der Waals surface area contributed by atoms with Crippen molar-refractivity contribution in [3.63, 3.8) is 0 Å². The fourth-order valence-corrected chi connectivity index (χ4v) is 5.01. The minimum Gasteiger partial charge on any atom is -0.492 e. The highest BCUT2D eigenvalue weighted by atomic mass is 35.5. The lowest BCUT2D eigenvalue weighted by atomic mass is 10.0. The molecule has 34 heavy (non-hydrogen) atoms. The maximum absolute atomic E-state index is 13.2. The van der Waals surface area contributed by atoms with Crippen LogP contribution in [0.1, 0.15) is 31.0 Å². The van der Waals surface area contributed by atoms with E-state index in [0.717, 1.165) is 11.1 Å². The van der Waals surface area contributed by atoms with Gasteiger partial charge in [-0.3, -0.25) is 4.79 Å². The Labute approximate surface area is 210 Å². The van der Waals surface area contributed by atoms with E-state index in [1.807, 2.05) is 49.4 Å². The second kappa shape index (κ2) is 11.7. The van der Waals surface area contributed by atoms with Crippen molar-refractivity contribution in [3.8, 4) is 5.75 Å². The Morgan fingerprint density at radius 3 is 2.29 bits per heavy atom. The van der Waals surface area contributed by atoms with Gasteiger partial charge in [0, 0.05) is 5.02 Å². The molecule has 2 unspecified atom stereocenters. The van der Waals surface area contributed by atoms with E-state index in [-0.39, 0.29) is 22.4 Å². The SMILES string of the molecule is CCOc1ccc(S(=O)(=O)NC(Cc2ccccc2)C(=O)NC(C)c2ccc(Cl)cc2)cc1Cl. The Kier molecular flexibility index (Phi) is 8.97. The molecule has 0 saturated carbocycles. The first kappa shape index (κ1) is 26.0. The topological polar surface area (TPSA) is 84.5 Å². The standard InChI is InChI=1S/C25H26Cl2N2O4S/c1-3-33-24-14-13-21(16-22(24)27)34(31,32)29-23(15-18-7-5-4-6-8-18)25(30)28-17(2)19-9-11-20(26)12-10-19/h4-14,16-17,23,29H,3,15H2,1-2H3,(H,28,30). The van der Waals surface area contributed by atoms with Crippen LogP contribution in [-0.2, 0) is 21.2 Å². The van der Waals surface area contributed by atoms with Crippen molar-refractivity contribution < 1.29 is 17.9 Å². The second-order valence-electron chi connectivity index (χ2n) is 7.67. The van der Waals surface area contributed by atoms with E-state index in [9.17, 15) is 13.2 Å². The molecule has 0 aliphatic rings. The van der Waals surface area contributed by atoms with Gasteiger partial charge >= 0.3 is 0 Å². The number of halogens is 2. The first-order valence-electron chi connectivity index (χ1n) is 10.7. The molecular formula is C25H26Cl2N2O4S. The fraction of sp³-hybridized carbons (Fsp3) is 0.240. The van der Waals surface area contributed by atoms with Crippen LogP contribution in [0.3, 0.4) is 0 Å². The highest BCUT2D eigenvalue weighted by Gasteiger charge is 2.27. The highest BCUT2D eigenvalue weighted by Crippen LogP contribution is 2.27. The van der Waals surface area contributed by atoms with Crippen molar-refractivity contribution in [1.82, 2.24) is 10.0 Å². The van der Waals surface area contributed by atoms with Crippen molar-refractivity contribution >= 4 is 39.1 Å². The molecule has 6 nitrogen and oxygen atoms in total. The van der Waals surface area contributed by atoms with Gasteiger partial charge in [-0.1, -0.05) is 65.7 Å². The van der Waals surface area contributed by atoms with Gasteiger partial charge in [-0.05, 0) is 61.7 Å². The van der Waals surface area contributed by atoms with E-state index >= 15 is 0 Å². The molecule has 0 aliphatic carbocycles. The molecule has 0 spiro atoms. The van der Waals surface area contributed by atoms with E-state index in [1.165, 1.54) is 18.2 Å². The molecule has 0 bridgehead atoms. The number of amides is 1. The summed E-state index contributed by atoms with van der Waals surface area (Å²) < 4.78 is 34.2. The summed E-state index contributed by atoms with van der Waals surface area (Å²) in [6.07, 6.45) is 0.171. The third-order valence-electron chi connectivity index (χ3n) is 5.14. The Balaban J connectivity index is 1.84. The van der Waals surface area contributed by atoms with E-state index in [2.05, 4.69) is 10.0 Å². The smallest absolute Gasteiger partial charge is 0.241 e. The zero-order valence-corrected chi connectivity index (χ0v) is 21.1. The molecular weight excluding hydrogens is 495 g/mol. The zero-order valence-electron chi connectivity index (χ0n) is 18.8. The summed E-state index contributed by atoms with van der Waals surface area (Å²) in [5.41, 5.74) is 1.66. The van der Waals surface area contributed by atoms with Crippen LogP contribution < -0.4 is 14.8 Å². The Morgan fingerprint density at radius 2 is 1.68 bits per heavy atom. The van der Waals surface area contributed by atoms with Gasteiger partial charge in [-0.2, -0.15) is 4.72 Å². The molecule has 3 aromatic rings. The lowest BCUT2D eigenvalue weighted by Gasteiger charge is -2.22. The fourth-order valence-electron chi connectivity index (χ4n) is 3.36. The summed E-state index contributed by atoms with van der Waals surface area (Å²) in [7, 11) is -4.05. The molecule has 0 radical (unpaired) electrons. The van der Waals surface area contributed by atoms with Crippen molar-refractivity contribution in [3.05, 3.63) is 94.0 Å². The number of hydrogen-bond acceptors (Lipinski definition) is 4. The van der Waals surface area contributed by atoms with Crippen molar-refractivity contribution in [1.29, 1.82) is 0 Å². The summed E-state index contributed by atoms with van der Waals surface area (Å²) in [5.74, 6) is -0.0644. The van der Waals surface area contributed by atoms with Crippen LogP contribution in [0.15, 0.2) is 77.7 Å². The van der Waals surface area contributed by atoms with Crippen molar-refractivity contribution in [2.75, 3.05) is 6.61 Å². The summed E-state index contributed by atoms with van der Waals surface area (Å²) in [5, 5.41) is 3.65. The molecule has 3 rings (SSSR count). The van der Waals surface area contributed by atoms with Crippen LogP contribution in [0.5, 0.6) is 5.75 Å². The molecule has 2 N–H and O–H groups in total. The molecule has 0 fully saturated rings. The molecule has 180 valence electrons. The van der Waals surface area contributed by atoms with E-state index < -0.39 is 22.0 Å². The number of carbonyl (C=O) groups is 1. The van der Waals surface area contributed by atoms with Gasteiger partial charge in [0.1, 0.15) is 11.8 Å². The van der Waals surface area contributed by atoms with Crippen LogP contribution in [0.2, 0.25) is 10.0 Å². The van der Waals surface area contributed by atoms with Crippen LogP contribution in [0, 0.1) is 0 Å². The normalized spacial score (nSPS) is 13.2. The number of benzene rings is 3. The number of carbonyl (C=O) groups excluding carboxylic acids is 1. The number of hydrogen-bond donors (Lipinski definition) is 2. The lowest BCUT2D eigenvalue weighted by Crippen LogP contribution is -2.48. The first-order valence-corrected chi connectivity index (χ1v) is 13.0. The third-order valence-corrected chi connectivity index (χ3v) is 7.16. The van der Waals surface area contributed by atoms with Crippen LogP contribution in [0.4, 0.5) is 0 Å². The largest absolute Gasteiger partial charge is 0.492 e. The Bertz CT molecular complexity index is 1220. The molecule has 9 heteroatoms. The van der Waals surface area contributed by atoms with Crippen molar-refractivity contribution in [2.45, 2.75) is 37.2 Å². The summed E-state index contributed by atoms with van der Waals surface area (Å²) >= 11 is 12.1. The lowest BCUT2D eigenvalue weighted by molar-refractivity contribution is -0.123.